The smallest absolute Gasteiger partial charge is 0.249 e. The Bertz CT molecular complexity index is 525. The van der Waals surface area contributed by atoms with Gasteiger partial charge in [0.25, 0.3) is 0 Å². The third-order valence-electron chi connectivity index (χ3n) is 4.02. The molecule has 6 heteroatoms. The minimum Gasteiger partial charge on any atom is -0.340 e. The van der Waals surface area contributed by atoms with Crippen LogP contribution in [0.4, 0.5) is 0 Å². The molecular formula is C14H22N4O2. The van der Waals surface area contributed by atoms with Gasteiger partial charge in [-0.2, -0.15) is 5.10 Å². The van der Waals surface area contributed by atoms with Gasteiger partial charge >= 0.3 is 0 Å². The highest BCUT2D eigenvalue weighted by molar-refractivity contribution is 5.99. The summed E-state index contributed by atoms with van der Waals surface area (Å²) in [5.74, 6) is -0.0874. The first-order valence-corrected chi connectivity index (χ1v) is 7.02. The first kappa shape index (κ1) is 14.6. The van der Waals surface area contributed by atoms with Gasteiger partial charge in [0.15, 0.2) is 0 Å². The first-order chi connectivity index (χ1) is 9.41. The number of nitrogens with one attached hydrogen (secondary N) is 1. The summed E-state index contributed by atoms with van der Waals surface area (Å²) in [5.41, 5.74) is 0.137. The number of carbonyl (C=O) groups is 2. The minimum atomic E-state index is -0.801. The minimum absolute atomic E-state index is 0.0182. The van der Waals surface area contributed by atoms with Crippen molar-refractivity contribution in [3.63, 3.8) is 0 Å². The number of aromatic nitrogens is 2. The Morgan fingerprint density at radius 3 is 2.60 bits per heavy atom. The number of hydrogen-bond donors (Lipinski definition) is 1. The van der Waals surface area contributed by atoms with Crippen LogP contribution in [0.1, 0.15) is 39.2 Å². The predicted octanol–water partition coefficient (Wildman–Crippen LogP) is 0.826. The van der Waals surface area contributed by atoms with Gasteiger partial charge in [-0.05, 0) is 19.8 Å². The van der Waals surface area contributed by atoms with E-state index in [4.69, 9.17) is 0 Å². The van der Waals surface area contributed by atoms with Gasteiger partial charge in [-0.25, -0.2) is 0 Å². The monoisotopic (exact) mass is 278 g/mol. The summed E-state index contributed by atoms with van der Waals surface area (Å²) >= 11 is 0. The topological polar surface area (TPSA) is 67.2 Å². The van der Waals surface area contributed by atoms with Crippen LogP contribution in [0.2, 0.25) is 0 Å². The van der Waals surface area contributed by atoms with Crippen molar-refractivity contribution in [1.82, 2.24) is 20.0 Å². The molecule has 20 heavy (non-hydrogen) atoms. The Labute approximate surface area is 119 Å². The maximum atomic E-state index is 12.7. The number of amides is 2. The standard InChI is InChI=1S/C14H22N4O2/c1-5-11-12(19)16-14(3,6-2)13(20)18(11)9-10-7-15-17(4)8-10/h7-8,11H,5-6,9H2,1-4H3,(H,16,19). The molecule has 2 heterocycles. The van der Waals surface area contributed by atoms with E-state index < -0.39 is 11.6 Å². The SMILES string of the molecule is CCC1C(=O)NC(C)(CC)C(=O)N1Cc1cnn(C)c1. The number of piperazine rings is 1. The number of rotatable bonds is 4. The van der Waals surface area contributed by atoms with E-state index in [-0.39, 0.29) is 11.8 Å². The molecule has 1 fully saturated rings. The zero-order chi connectivity index (χ0) is 14.9. The molecule has 2 atom stereocenters. The summed E-state index contributed by atoms with van der Waals surface area (Å²) in [6, 6.07) is -0.401. The highest BCUT2D eigenvalue weighted by Gasteiger charge is 2.46. The van der Waals surface area contributed by atoms with Gasteiger partial charge < -0.3 is 10.2 Å². The fourth-order valence-corrected chi connectivity index (χ4v) is 2.59. The lowest BCUT2D eigenvalue weighted by Gasteiger charge is -2.43. The summed E-state index contributed by atoms with van der Waals surface area (Å²) in [6.07, 6.45) is 4.79. The van der Waals surface area contributed by atoms with E-state index in [9.17, 15) is 9.59 Å². The van der Waals surface area contributed by atoms with Crippen LogP contribution in [-0.4, -0.2) is 38.1 Å². The normalized spacial score (nSPS) is 26.8. The van der Waals surface area contributed by atoms with Crippen LogP contribution in [-0.2, 0) is 23.2 Å². The summed E-state index contributed by atoms with van der Waals surface area (Å²) in [6.45, 7) is 6.04. The molecular weight excluding hydrogens is 256 g/mol. The molecule has 1 N–H and O–H groups in total. The lowest BCUT2D eigenvalue weighted by molar-refractivity contribution is -0.155. The quantitative estimate of drug-likeness (QED) is 0.887. The maximum absolute atomic E-state index is 12.7. The largest absolute Gasteiger partial charge is 0.340 e. The Morgan fingerprint density at radius 1 is 1.40 bits per heavy atom. The van der Waals surface area contributed by atoms with E-state index in [0.717, 1.165) is 5.56 Å². The van der Waals surface area contributed by atoms with E-state index in [1.165, 1.54) is 0 Å². The second-order valence-electron chi connectivity index (χ2n) is 5.55. The molecule has 0 aliphatic carbocycles. The summed E-state index contributed by atoms with van der Waals surface area (Å²) in [7, 11) is 1.84. The maximum Gasteiger partial charge on any atom is 0.249 e. The van der Waals surface area contributed by atoms with Gasteiger partial charge in [0.05, 0.1) is 6.20 Å². The van der Waals surface area contributed by atoms with Crippen LogP contribution in [0.3, 0.4) is 0 Å². The van der Waals surface area contributed by atoms with Gasteiger partial charge in [-0.1, -0.05) is 13.8 Å². The van der Waals surface area contributed by atoms with Gasteiger partial charge in [0.1, 0.15) is 11.6 Å². The molecule has 2 amide bonds. The van der Waals surface area contributed by atoms with E-state index >= 15 is 0 Å². The highest BCUT2D eigenvalue weighted by Crippen LogP contribution is 2.24. The highest BCUT2D eigenvalue weighted by atomic mass is 16.2. The van der Waals surface area contributed by atoms with Crippen LogP contribution in [0.15, 0.2) is 12.4 Å². The average molecular weight is 278 g/mol. The van der Waals surface area contributed by atoms with Crippen molar-refractivity contribution in [2.75, 3.05) is 0 Å². The van der Waals surface area contributed by atoms with Crippen LogP contribution in [0.5, 0.6) is 0 Å². The Balaban J connectivity index is 2.29. The molecule has 0 spiro atoms. The third kappa shape index (κ3) is 2.42. The van der Waals surface area contributed by atoms with Crippen LogP contribution in [0, 0.1) is 0 Å². The number of carbonyl (C=O) groups excluding carboxylic acids is 2. The van der Waals surface area contributed by atoms with Crippen molar-refractivity contribution in [3.8, 4) is 0 Å². The van der Waals surface area contributed by atoms with Crippen LogP contribution in [0.25, 0.3) is 0 Å². The number of hydrogen-bond acceptors (Lipinski definition) is 3. The molecule has 2 unspecified atom stereocenters. The molecule has 0 saturated carbocycles. The Morgan fingerprint density at radius 2 is 2.10 bits per heavy atom. The molecule has 0 bridgehead atoms. The number of nitrogens with zero attached hydrogens (tertiary/aromatic N) is 3. The summed E-state index contributed by atoms with van der Waals surface area (Å²) < 4.78 is 1.70. The lowest BCUT2D eigenvalue weighted by atomic mass is 9.91. The molecule has 2 rings (SSSR count). The van der Waals surface area contributed by atoms with Gasteiger partial charge in [-0.3, -0.25) is 14.3 Å². The van der Waals surface area contributed by atoms with Crippen LogP contribution >= 0.6 is 0 Å². The van der Waals surface area contributed by atoms with E-state index in [1.807, 2.05) is 27.1 Å². The fourth-order valence-electron chi connectivity index (χ4n) is 2.59. The molecule has 1 saturated heterocycles. The second-order valence-corrected chi connectivity index (χ2v) is 5.55. The zero-order valence-electron chi connectivity index (χ0n) is 12.5. The van der Waals surface area contributed by atoms with Gasteiger partial charge in [0.2, 0.25) is 11.8 Å². The number of aryl methyl sites for hydroxylation is 1. The molecule has 1 aromatic heterocycles. The van der Waals surface area contributed by atoms with Crippen molar-refractivity contribution < 1.29 is 9.59 Å². The van der Waals surface area contributed by atoms with E-state index in [0.29, 0.717) is 19.4 Å². The summed E-state index contributed by atoms with van der Waals surface area (Å²) in [5, 5.41) is 6.97. The summed E-state index contributed by atoms with van der Waals surface area (Å²) in [4.78, 5) is 26.6. The second kappa shape index (κ2) is 5.26. The van der Waals surface area contributed by atoms with Crippen LogP contribution < -0.4 is 5.32 Å². The molecule has 1 aliphatic heterocycles. The molecule has 0 radical (unpaired) electrons. The van der Waals surface area contributed by atoms with E-state index in [2.05, 4.69) is 10.4 Å². The van der Waals surface area contributed by atoms with Crippen molar-refractivity contribution >= 4 is 11.8 Å². The van der Waals surface area contributed by atoms with Crippen molar-refractivity contribution in [1.29, 1.82) is 0 Å². The lowest BCUT2D eigenvalue weighted by Crippen LogP contribution is -2.68. The van der Waals surface area contributed by atoms with E-state index in [1.54, 1.807) is 22.7 Å². The first-order valence-electron chi connectivity index (χ1n) is 7.02. The molecule has 1 aliphatic rings. The molecule has 1 aromatic rings. The average Bonchev–Trinajstić information content (AvgIpc) is 2.81. The molecule has 6 nitrogen and oxygen atoms in total. The Kier molecular flexibility index (Phi) is 3.83. The molecule has 110 valence electrons. The Hall–Kier alpha value is -1.85. The molecule has 0 aromatic carbocycles. The van der Waals surface area contributed by atoms with Crippen molar-refractivity contribution in [3.05, 3.63) is 18.0 Å². The van der Waals surface area contributed by atoms with Gasteiger partial charge in [0, 0.05) is 25.4 Å². The van der Waals surface area contributed by atoms with Crippen molar-refractivity contribution in [2.24, 2.45) is 7.05 Å². The fraction of sp³-hybridized carbons (Fsp3) is 0.643. The van der Waals surface area contributed by atoms with Crippen molar-refractivity contribution in [2.45, 2.75) is 51.7 Å². The predicted molar refractivity (Wildman–Crippen MR) is 74.7 cm³/mol. The zero-order valence-corrected chi connectivity index (χ0v) is 12.5. The third-order valence-corrected chi connectivity index (χ3v) is 4.02. The van der Waals surface area contributed by atoms with Gasteiger partial charge in [-0.15, -0.1) is 0 Å².